The highest BCUT2D eigenvalue weighted by Crippen LogP contribution is 2.21. The number of hydrogen-bond donors (Lipinski definition) is 1. The Morgan fingerprint density at radius 2 is 2.44 bits per heavy atom. The van der Waals surface area contributed by atoms with Crippen LogP contribution in [0.15, 0.2) is 16.5 Å². The van der Waals surface area contributed by atoms with E-state index < -0.39 is 5.97 Å². The fourth-order valence-corrected chi connectivity index (χ4v) is 2.64. The van der Waals surface area contributed by atoms with E-state index in [0.717, 1.165) is 25.2 Å². The molecular formula is C11H14O4S. The number of carboxylic acid groups (broad SMARTS) is 1. The van der Waals surface area contributed by atoms with Crippen molar-refractivity contribution in [3.8, 4) is 0 Å². The second kappa shape index (κ2) is 5.41. The third-order valence-corrected chi connectivity index (χ3v) is 3.54. The molecule has 2 rings (SSSR count). The molecule has 0 saturated carbocycles. The van der Waals surface area contributed by atoms with Gasteiger partial charge in [-0.25, -0.2) is 4.79 Å². The van der Waals surface area contributed by atoms with Crippen molar-refractivity contribution in [1.82, 2.24) is 0 Å². The first kappa shape index (κ1) is 11.5. The van der Waals surface area contributed by atoms with Crippen LogP contribution in [-0.2, 0) is 10.5 Å². The van der Waals surface area contributed by atoms with E-state index >= 15 is 0 Å². The van der Waals surface area contributed by atoms with Crippen LogP contribution in [0, 0.1) is 0 Å². The maximum atomic E-state index is 10.6. The van der Waals surface area contributed by atoms with Crippen molar-refractivity contribution in [1.29, 1.82) is 0 Å². The minimum absolute atomic E-state index is 0.00714. The normalized spacial score (nSPS) is 20.1. The predicted molar refractivity (Wildman–Crippen MR) is 60.8 cm³/mol. The molecule has 16 heavy (non-hydrogen) atoms. The summed E-state index contributed by atoms with van der Waals surface area (Å²) in [6, 6.07) is 3.20. The lowest BCUT2D eigenvalue weighted by atomic mass is 10.3. The van der Waals surface area contributed by atoms with Crippen LogP contribution in [0.4, 0.5) is 0 Å². The zero-order chi connectivity index (χ0) is 11.4. The van der Waals surface area contributed by atoms with E-state index in [2.05, 4.69) is 0 Å². The number of carbonyl (C=O) groups is 1. The van der Waals surface area contributed by atoms with Gasteiger partial charge in [0, 0.05) is 12.4 Å². The molecule has 4 nitrogen and oxygen atoms in total. The molecule has 1 aliphatic heterocycles. The monoisotopic (exact) mass is 242 g/mol. The summed E-state index contributed by atoms with van der Waals surface area (Å²) in [6.45, 7) is 0.870. The molecule has 1 saturated heterocycles. The van der Waals surface area contributed by atoms with Crippen LogP contribution >= 0.6 is 11.8 Å². The van der Waals surface area contributed by atoms with E-state index in [-0.39, 0.29) is 5.76 Å². The number of carboxylic acids is 1. The third-order valence-electron chi connectivity index (χ3n) is 2.44. The van der Waals surface area contributed by atoms with Gasteiger partial charge in [-0.2, -0.15) is 11.8 Å². The summed E-state index contributed by atoms with van der Waals surface area (Å²) in [7, 11) is 0. The Kier molecular flexibility index (Phi) is 3.90. The molecule has 0 bridgehead atoms. The second-order valence-corrected chi connectivity index (χ2v) is 4.75. The lowest BCUT2D eigenvalue weighted by molar-refractivity contribution is 0.0661. The lowest BCUT2D eigenvalue weighted by Gasteiger charge is -2.07. The fraction of sp³-hybridized carbons (Fsp3) is 0.545. The summed E-state index contributed by atoms with van der Waals surface area (Å²) < 4.78 is 10.6. The Labute approximate surface area is 98.0 Å². The van der Waals surface area contributed by atoms with E-state index in [1.54, 1.807) is 17.8 Å². The van der Waals surface area contributed by atoms with Crippen LogP contribution in [0.5, 0.6) is 0 Å². The molecule has 1 fully saturated rings. The molecule has 0 aliphatic carbocycles. The van der Waals surface area contributed by atoms with Gasteiger partial charge in [0.1, 0.15) is 5.76 Å². The summed E-state index contributed by atoms with van der Waals surface area (Å²) in [5, 5.41) is 8.68. The molecule has 5 heteroatoms. The molecule has 1 N–H and O–H groups in total. The third kappa shape index (κ3) is 3.02. The van der Waals surface area contributed by atoms with Gasteiger partial charge < -0.3 is 14.3 Å². The van der Waals surface area contributed by atoms with E-state index in [1.807, 2.05) is 0 Å². The van der Waals surface area contributed by atoms with Gasteiger partial charge in [-0.15, -0.1) is 0 Å². The highest BCUT2D eigenvalue weighted by molar-refractivity contribution is 7.98. The predicted octanol–water partition coefficient (Wildman–Crippen LogP) is 2.39. The highest BCUT2D eigenvalue weighted by atomic mass is 32.2. The maximum absolute atomic E-state index is 10.6. The average Bonchev–Trinajstić information content (AvgIpc) is 2.87. The first-order valence-corrected chi connectivity index (χ1v) is 6.42. The molecule has 1 aromatic rings. The Hall–Kier alpha value is -0.940. The minimum atomic E-state index is -1.02. The van der Waals surface area contributed by atoms with E-state index in [1.165, 1.54) is 6.07 Å². The summed E-state index contributed by atoms with van der Waals surface area (Å²) in [6.07, 6.45) is 2.64. The first-order valence-electron chi connectivity index (χ1n) is 5.27. The van der Waals surface area contributed by atoms with Crippen molar-refractivity contribution in [3.05, 3.63) is 23.7 Å². The second-order valence-electron chi connectivity index (χ2n) is 3.72. The number of rotatable bonds is 5. The number of hydrogen-bond acceptors (Lipinski definition) is 4. The molecule has 0 radical (unpaired) electrons. The van der Waals surface area contributed by atoms with Gasteiger partial charge in [0.15, 0.2) is 0 Å². The van der Waals surface area contributed by atoms with Crippen molar-refractivity contribution in [2.75, 3.05) is 12.4 Å². The van der Waals surface area contributed by atoms with Crippen LogP contribution in [-0.4, -0.2) is 29.5 Å². The van der Waals surface area contributed by atoms with Crippen molar-refractivity contribution < 1.29 is 19.1 Å². The van der Waals surface area contributed by atoms with Gasteiger partial charge in [0.2, 0.25) is 5.76 Å². The van der Waals surface area contributed by atoms with Gasteiger partial charge in [0.05, 0.1) is 11.9 Å². The molecule has 1 aliphatic rings. The molecule has 0 amide bonds. The largest absolute Gasteiger partial charge is 0.475 e. The van der Waals surface area contributed by atoms with Crippen molar-refractivity contribution in [2.24, 2.45) is 0 Å². The van der Waals surface area contributed by atoms with E-state index in [9.17, 15) is 4.79 Å². The highest BCUT2D eigenvalue weighted by Gasteiger charge is 2.15. The lowest BCUT2D eigenvalue weighted by Crippen LogP contribution is -2.07. The summed E-state index contributed by atoms with van der Waals surface area (Å²) in [5.41, 5.74) is 0. The zero-order valence-electron chi connectivity index (χ0n) is 8.85. The fourth-order valence-electron chi connectivity index (χ4n) is 1.64. The Morgan fingerprint density at radius 1 is 1.56 bits per heavy atom. The number of aromatic carboxylic acids is 1. The van der Waals surface area contributed by atoms with Gasteiger partial charge >= 0.3 is 5.97 Å². The number of furan rings is 1. The van der Waals surface area contributed by atoms with Crippen LogP contribution in [0.25, 0.3) is 0 Å². The van der Waals surface area contributed by atoms with Gasteiger partial charge in [-0.3, -0.25) is 0 Å². The van der Waals surface area contributed by atoms with Crippen molar-refractivity contribution >= 4 is 17.7 Å². The van der Waals surface area contributed by atoms with Crippen LogP contribution in [0.1, 0.15) is 29.2 Å². The molecule has 0 aromatic carbocycles. The molecule has 1 unspecified atom stereocenters. The van der Waals surface area contributed by atoms with Crippen LogP contribution < -0.4 is 0 Å². The van der Waals surface area contributed by atoms with Crippen LogP contribution in [0.2, 0.25) is 0 Å². The molecule has 2 heterocycles. The molecule has 0 spiro atoms. The Balaban J connectivity index is 1.74. The SMILES string of the molecule is O=C(O)c1ccc(CSCC2CCCO2)o1. The maximum Gasteiger partial charge on any atom is 0.371 e. The minimum Gasteiger partial charge on any atom is -0.475 e. The number of thioether (sulfide) groups is 1. The molecule has 1 aromatic heterocycles. The van der Waals surface area contributed by atoms with Crippen molar-refractivity contribution in [2.45, 2.75) is 24.7 Å². The topological polar surface area (TPSA) is 59.7 Å². The smallest absolute Gasteiger partial charge is 0.371 e. The summed E-state index contributed by atoms with van der Waals surface area (Å²) >= 11 is 1.72. The summed E-state index contributed by atoms with van der Waals surface area (Å²) in [4.78, 5) is 10.6. The quantitative estimate of drug-likeness (QED) is 0.859. The van der Waals surface area contributed by atoms with Gasteiger partial charge in [-0.1, -0.05) is 0 Å². The first-order chi connectivity index (χ1) is 7.75. The van der Waals surface area contributed by atoms with Crippen LogP contribution in [0.3, 0.4) is 0 Å². The zero-order valence-corrected chi connectivity index (χ0v) is 9.66. The Bertz CT molecular complexity index is 355. The average molecular weight is 242 g/mol. The molecular weight excluding hydrogens is 228 g/mol. The standard InChI is InChI=1S/C11H14O4S/c12-11(13)10-4-3-9(15-10)7-16-6-8-2-1-5-14-8/h3-4,8H,1-2,5-7H2,(H,12,13). The molecule has 88 valence electrons. The van der Waals surface area contributed by atoms with E-state index in [0.29, 0.717) is 17.6 Å². The van der Waals surface area contributed by atoms with Gasteiger partial charge in [0.25, 0.3) is 0 Å². The van der Waals surface area contributed by atoms with Crippen molar-refractivity contribution in [3.63, 3.8) is 0 Å². The molecule has 1 atom stereocenters. The summed E-state index contributed by atoms with van der Waals surface area (Å²) in [5.74, 6) is 1.35. The van der Waals surface area contributed by atoms with E-state index in [4.69, 9.17) is 14.3 Å². The van der Waals surface area contributed by atoms with Gasteiger partial charge in [-0.05, 0) is 25.0 Å². The number of ether oxygens (including phenoxy) is 1. The Morgan fingerprint density at radius 3 is 3.06 bits per heavy atom.